The van der Waals surface area contributed by atoms with E-state index in [4.69, 9.17) is 9.79 Å². The molecule has 0 aromatic carbocycles. The molecule has 0 aliphatic carbocycles. The van der Waals surface area contributed by atoms with Crippen LogP contribution in [0.2, 0.25) is 0 Å². The number of unbranched alkanes of at least 4 members (excludes halogenated alkanes) is 23. The fourth-order valence-corrected chi connectivity index (χ4v) is 4.76. The van der Waals surface area contributed by atoms with Gasteiger partial charge in [-0.25, -0.2) is 9.65 Å². The molecule has 0 aliphatic rings. The Bertz CT molecular complexity index is 387. The molecule has 0 saturated carbocycles. The molecule has 31 heavy (non-hydrogen) atoms. The summed E-state index contributed by atoms with van der Waals surface area (Å²) in [6.07, 6.45) is 32.8. The largest absolute Gasteiger partial charge is 0.400 e. The van der Waals surface area contributed by atoms with Crippen LogP contribution in [-0.4, -0.2) is 16.3 Å². The van der Waals surface area contributed by atoms with E-state index in [1.807, 2.05) is 0 Å². The van der Waals surface area contributed by atoms with Crippen molar-refractivity contribution >= 4 is 7.75 Å². The molecule has 0 heterocycles. The summed E-state index contributed by atoms with van der Waals surface area (Å²) in [6, 6.07) is 0. The predicted octanol–water partition coefficient (Wildman–Crippen LogP) is 9.05. The van der Waals surface area contributed by atoms with Crippen molar-refractivity contribution in [2.45, 2.75) is 161 Å². The minimum atomic E-state index is -4.01. The molecule has 0 fully saturated rings. The lowest BCUT2D eigenvalue weighted by Crippen LogP contribution is -2.10. The Morgan fingerprint density at radius 2 is 0.677 bits per heavy atom. The fraction of sp³-hybridized carbons (Fsp3) is 1.00. The Labute approximate surface area is 195 Å². The van der Waals surface area contributed by atoms with Crippen LogP contribution >= 0.6 is 7.75 Å². The molecule has 0 atom stereocenters. The van der Waals surface area contributed by atoms with Crippen molar-refractivity contribution in [1.82, 2.24) is 5.09 Å². The Hall–Kier alpha value is 0.110. The molecule has 0 bridgehead atoms. The molecular weight excluding hydrogens is 405 g/mol. The second kappa shape index (κ2) is 24.7. The van der Waals surface area contributed by atoms with Crippen LogP contribution in [0.15, 0.2) is 0 Å². The Kier molecular flexibility index (Phi) is 24.8. The van der Waals surface area contributed by atoms with Crippen molar-refractivity contribution in [3.8, 4) is 0 Å². The summed E-state index contributed by atoms with van der Waals surface area (Å²) in [7, 11) is -4.01. The van der Waals surface area contributed by atoms with E-state index in [9.17, 15) is 4.57 Å². The Balaban J connectivity index is 3.03. The molecule has 0 aromatic heterocycles. The third kappa shape index (κ3) is 30.1. The van der Waals surface area contributed by atoms with Gasteiger partial charge >= 0.3 is 7.75 Å². The molecule has 0 amide bonds. The van der Waals surface area contributed by atoms with E-state index < -0.39 is 7.75 Å². The maximum Gasteiger partial charge on any atom is 0.400 e. The average Bonchev–Trinajstić information content (AvgIpc) is 2.73. The number of nitrogens with one attached hydrogen (secondary N) is 1. The lowest BCUT2D eigenvalue weighted by molar-refractivity contribution is 0.356. The van der Waals surface area contributed by atoms with Crippen molar-refractivity contribution in [3.63, 3.8) is 0 Å². The topological polar surface area (TPSA) is 69.6 Å². The highest BCUT2D eigenvalue weighted by molar-refractivity contribution is 7.49. The van der Waals surface area contributed by atoms with E-state index in [1.165, 1.54) is 141 Å². The average molecular weight is 462 g/mol. The van der Waals surface area contributed by atoms with E-state index in [0.717, 1.165) is 12.8 Å². The van der Waals surface area contributed by atoms with Crippen LogP contribution in [0, 0.1) is 0 Å². The molecule has 0 spiro atoms. The highest BCUT2D eigenvalue weighted by Gasteiger charge is 2.09. The third-order valence-electron chi connectivity index (χ3n) is 6.35. The van der Waals surface area contributed by atoms with Crippen LogP contribution in [0.3, 0.4) is 0 Å². The van der Waals surface area contributed by atoms with E-state index in [-0.39, 0.29) is 0 Å². The Morgan fingerprint density at radius 1 is 0.452 bits per heavy atom. The minimum Gasteiger partial charge on any atom is -0.313 e. The van der Waals surface area contributed by atoms with Gasteiger partial charge in [0.15, 0.2) is 0 Å². The molecule has 0 radical (unpaired) electrons. The van der Waals surface area contributed by atoms with Gasteiger partial charge in [0.25, 0.3) is 0 Å². The molecule has 3 N–H and O–H groups in total. The third-order valence-corrected chi connectivity index (χ3v) is 6.98. The van der Waals surface area contributed by atoms with Gasteiger partial charge in [-0.05, 0) is 6.42 Å². The van der Waals surface area contributed by atoms with Crippen molar-refractivity contribution in [2.75, 3.05) is 6.54 Å². The van der Waals surface area contributed by atoms with Gasteiger partial charge in [0, 0.05) is 6.54 Å². The first kappa shape index (κ1) is 31.1. The van der Waals surface area contributed by atoms with E-state index in [0.29, 0.717) is 6.54 Å². The van der Waals surface area contributed by atoms with Gasteiger partial charge in [0.05, 0.1) is 0 Å². The first-order chi connectivity index (χ1) is 15.1. The van der Waals surface area contributed by atoms with Crippen LogP contribution in [0.25, 0.3) is 0 Å². The highest BCUT2D eigenvalue weighted by atomic mass is 31.2. The van der Waals surface area contributed by atoms with Crippen LogP contribution in [-0.2, 0) is 4.57 Å². The molecule has 0 aliphatic heterocycles. The van der Waals surface area contributed by atoms with Gasteiger partial charge in [-0.15, -0.1) is 0 Å². The predicted molar refractivity (Wildman–Crippen MR) is 137 cm³/mol. The zero-order chi connectivity index (χ0) is 22.9. The number of hydrogen-bond donors (Lipinski definition) is 3. The summed E-state index contributed by atoms with van der Waals surface area (Å²) in [4.78, 5) is 17.4. The number of hydrogen-bond acceptors (Lipinski definition) is 1. The molecule has 0 saturated heterocycles. The monoisotopic (exact) mass is 461 g/mol. The van der Waals surface area contributed by atoms with Crippen LogP contribution < -0.4 is 5.09 Å². The van der Waals surface area contributed by atoms with Crippen molar-refractivity contribution < 1.29 is 14.4 Å². The zero-order valence-corrected chi connectivity index (χ0v) is 21.8. The smallest absolute Gasteiger partial charge is 0.313 e. The summed E-state index contributed by atoms with van der Waals surface area (Å²) in [5.74, 6) is 0. The zero-order valence-electron chi connectivity index (χ0n) is 20.9. The van der Waals surface area contributed by atoms with Crippen molar-refractivity contribution in [2.24, 2.45) is 0 Å². The molecule has 0 unspecified atom stereocenters. The summed E-state index contributed by atoms with van der Waals surface area (Å²) in [5, 5.41) is 2.25. The molecule has 5 heteroatoms. The molecular formula is C26H56NO3P. The number of rotatable bonds is 26. The second-order valence-electron chi connectivity index (χ2n) is 9.58. The summed E-state index contributed by atoms with van der Waals surface area (Å²) in [5.41, 5.74) is 0. The molecule has 0 aromatic rings. The van der Waals surface area contributed by atoms with Gasteiger partial charge in [-0.3, -0.25) is 0 Å². The van der Waals surface area contributed by atoms with E-state index in [1.54, 1.807) is 0 Å². The summed E-state index contributed by atoms with van der Waals surface area (Å²) >= 11 is 0. The lowest BCUT2D eigenvalue weighted by Gasteiger charge is -2.06. The van der Waals surface area contributed by atoms with Crippen LogP contribution in [0.5, 0.6) is 0 Å². The van der Waals surface area contributed by atoms with Gasteiger partial charge in [-0.1, -0.05) is 155 Å². The standard InChI is InChI=1S/C26H56NO3P/c1-2-3-4-5-6-7-8-9-10-11-12-13-14-15-16-17-18-19-20-21-22-23-24-25-26-27-31(28,29)30/h2-26H2,1H3,(H3,27,28,29,30). The minimum absolute atomic E-state index is 0.420. The van der Waals surface area contributed by atoms with E-state index >= 15 is 0 Å². The van der Waals surface area contributed by atoms with Gasteiger partial charge in [-0.2, -0.15) is 0 Å². The summed E-state index contributed by atoms with van der Waals surface area (Å²) in [6.45, 7) is 2.71. The quantitative estimate of drug-likeness (QED) is 0.0887. The van der Waals surface area contributed by atoms with Crippen LogP contribution in [0.4, 0.5) is 0 Å². The van der Waals surface area contributed by atoms with Crippen LogP contribution in [0.1, 0.15) is 161 Å². The van der Waals surface area contributed by atoms with Gasteiger partial charge < -0.3 is 9.79 Å². The maximum atomic E-state index is 10.6. The lowest BCUT2D eigenvalue weighted by atomic mass is 10.0. The molecule has 188 valence electrons. The second-order valence-corrected chi connectivity index (χ2v) is 11.0. The summed E-state index contributed by atoms with van der Waals surface area (Å²) < 4.78 is 10.6. The first-order valence-corrected chi connectivity index (χ1v) is 15.5. The Morgan fingerprint density at radius 3 is 0.903 bits per heavy atom. The SMILES string of the molecule is CCCCCCCCCCCCCCCCCCCCCCCCCCNP(=O)(O)O. The highest BCUT2D eigenvalue weighted by Crippen LogP contribution is 2.27. The normalized spacial score (nSPS) is 12.0. The molecule has 4 nitrogen and oxygen atoms in total. The van der Waals surface area contributed by atoms with E-state index in [2.05, 4.69) is 12.0 Å². The van der Waals surface area contributed by atoms with Gasteiger partial charge in [0.2, 0.25) is 0 Å². The van der Waals surface area contributed by atoms with Gasteiger partial charge in [0.1, 0.15) is 0 Å². The van der Waals surface area contributed by atoms with Crippen molar-refractivity contribution in [1.29, 1.82) is 0 Å². The van der Waals surface area contributed by atoms with Crippen molar-refractivity contribution in [3.05, 3.63) is 0 Å². The fourth-order valence-electron chi connectivity index (χ4n) is 4.31. The molecule has 0 rings (SSSR count). The first-order valence-electron chi connectivity index (χ1n) is 13.9. The maximum absolute atomic E-state index is 10.6.